The molecule has 0 aliphatic heterocycles. The quantitative estimate of drug-likeness (QED) is 0.470. The molecule has 3 aromatic rings. The number of benzene rings is 2. The first-order valence-corrected chi connectivity index (χ1v) is 9.17. The molecule has 0 bridgehead atoms. The molecule has 0 amide bonds. The molecule has 1 aromatic heterocycles. The third-order valence-corrected chi connectivity index (χ3v) is 4.83. The smallest absolute Gasteiger partial charge is 0.307 e. The van der Waals surface area contributed by atoms with Crippen molar-refractivity contribution in [3.63, 3.8) is 0 Å². The summed E-state index contributed by atoms with van der Waals surface area (Å²) < 4.78 is 18.2. The fourth-order valence-electron chi connectivity index (χ4n) is 2.58. The maximum absolute atomic E-state index is 13.0. The molecule has 0 aliphatic carbocycles. The zero-order valence-corrected chi connectivity index (χ0v) is 15.7. The van der Waals surface area contributed by atoms with Gasteiger partial charge in [-0.2, -0.15) is 0 Å². The van der Waals surface area contributed by atoms with Crippen molar-refractivity contribution in [1.82, 2.24) is 4.98 Å². The zero-order chi connectivity index (χ0) is 20.1. The monoisotopic (exact) mass is 397 g/mol. The molecule has 28 heavy (non-hydrogen) atoms. The first-order chi connectivity index (χ1) is 13.5. The van der Waals surface area contributed by atoms with E-state index in [0.717, 1.165) is 10.6 Å². The van der Waals surface area contributed by atoms with Crippen LogP contribution < -0.4 is 4.74 Å². The number of hydrogen-bond acceptors (Lipinski definition) is 5. The summed E-state index contributed by atoms with van der Waals surface area (Å²) in [6.45, 7) is 0. The number of carboxylic acid groups (broad SMARTS) is 1. The number of ether oxygens (including phenoxy) is 1. The van der Waals surface area contributed by atoms with Gasteiger partial charge in [-0.1, -0.05) is 0 Å². The number of carbonyl (C=O) groups excluding carboxylic acids is 1. The van der Waals surface area contributed by atoms with Crippen LogP contribution in [0.2, 0.25) is 0 Å². The second-order valence-corrected chi connectivity index (χ2v) is 6.74. The Morgan fingerprint density at radius 3 is 2.64 bits per heavy atom. The standard InChI is InChI=1S/C21H16FNO4S/c1-27-19-9-4-14(10-15(19)11-20(25)26)18(24)8-7-17-12-28-21(23-17)13-2-5-16(22)6-3-13/h2-10,12H,11H2,1H3,(H,25,26)/b8-7+. The molecule has 0 aliphatic rings. The van der Waals surface area contributed by atoms with E-state index in [0.29, 0.717) is 22.6 Å². The number of halogens is 1. The van der Waals surface area contributed by atoms with Gasteiger partial charge in [0.25, 0.3) is 0 Å². The second kappa shape index (κ2) is 8.58. The fraction of sp³-hybridized carbons (Fsp3) is 0.0952. The summed E-state index contributed by atoms with van der Waals surface area (Å²) in [6.07, 6.45) is 2.74. The Balaban J connectivity index is 1.76. The number of hydrogen-bond donors (Lipinski definition) is 1. The van der Waals surface area contributed by atoms with Gasteiger partial charge in [0.2, 0.25) is 0 Å². The van der Waals surface area contributed by atoms with Crippen molar-refractivity contribution in [3.05, 3.63) is 76.6 Å². The summed E-state index contributed by atoms with van der Waals surface area (Å²) in [6, 6.07) is 10.7. The molecule has 0 spiro atoms. The van der Waals surface area contributed by atoms with Crippen LogP contribution in [0.4, 0.5) is 4.39 Å². The van der Waals surface area contributed by atoms with Gasteiger partial charge >= 0.3 is 5.97 Å². The highest BCUT2D eigenvalue weighted by Gasteiger charge is 2.11. The number of allylic oxidation sites excluding steroid dienone is 1. The first kappa shape index (κ1) is 19.4. The summed E-state index contributed by atoms with van der Waals surface area (Å²) in [5, 5.41) is 11.5. The van der Waals surface area contributed by atoms with E-state index in [1.807, 2.05) is 0 Å². The van der Waals surface area contributed by atoms with Gasteiger partial charge in [-0.05, 0) is 54.6 Å². The van der Waals surface area contributed by atoms with Crippen molar-refractivity contribution in [2.24, 2.45) is 0 Å². The van der Waals surface area contributed by atoms with Crippen LogP contribution in [0.5, 0.6) is 5.75 Å². The molecule has 2 aromatic carbocycles. The Morgan fingerprint density at radius 1 is 1.21 bits per heavy atom. The SMILES string of the molecule is COc1ccc(C(=O)/C=C/c2csc(-c3ccc(F)cc3)n2)cc1CC(=O)O. The van der Waals surface area contributed by atoms with Crippen molar-refractivity contribution < 1.29 is 23.8 Å². The third-order valence-electron chi connectivity index (χ3n) is 3.93. The fourth-order valence-corrected chi connectivity index (χ4v) is 3.37. The topological polar surface area (TPSA) is 76.5 Å². The minimum Gasteiger partial charge on any atom is -0.496 e. The predicted octanol–water partition coefficient (Wildman–Crippen LogP) is 4.48. The van der Waals surface area contributed by atoms with Gasteiger partial charge in [-0.15, -0.1) is 11.3 Å². The highest BCUT2D eigenvalue weighted by Crippen LogP contribution is 2.25. The number of aromatic nitrogens is 1. The molecule has 0 saturated carbocycles. The molecule has 5 nitrogen and oxygen atoms in total. The Hall–Kier alpha value is -3.32. The van der Waals surface area contributed by atoms with Gasteiger partial charge in [-0.25, -0.2) is 9.37 Å². The van der Waals surface area contributed by atoms with Crippen LogP contribution >= 0.6 is 11.3 Å². The molecular formula is C21H16FNO4S. The molecule has 0 radical (unpaired) electrons. The number of thiazole rings is 1. The minimum atomic E-state index is -1.01. The van der Waals surface area contributed by atoms with Gasteiger partial charge < -0.3 is 9.84 Å². The lowest BCUT2D eigenvalue weighted by Gasteiger charge is -2.07. The number of nitrogens with zero attached hydrogens (tertiary/aromatic N) is 1. The van der Waals surface area contributed by atoms with Crippen molar-refractivity contribution in [2.75, 3.05) is 7.11 Å². The number of methoxy groups -OCH3 is 1. The normalized spacial score (nSPS) is 10.9. The van der Waals surface area contributed by atoms with Gasteiger partial charge in [0, 0.05) is 22.1 Å². The zero-order valence-electron chi connectivity index (χ0n) is 14.9. The predicted molar refractivity (Wildman–Crippen MR) is 105 cm³/mol. The van der Waals surface area contributed by atoms with Crippen LogP contribution in [0, 0.1) is 5.82 Å². The molecule has 142 valence electrons. The first-order valence-electron chi connectivity index (χ1n) is 8.29. The molecule has 0 fully saturated rings. The van der Waals surface area contributed by atoms with Gasteiger partial charge in [0.05, 0.1) is 19.2 Å². The van der Waals surface area contributed by atoms with E-state index in [2.05, 4.69) is 4.98 Å². The van der Waals surface area contributed by atoms with Crippen LogP contribution in [-0.4, -0.2) is 29.0 Å². The van der Waals surface area contributed by atoms with Crippen LogP contribution in [0.1, 0.15) is 21.6 Å². The van der Waals surface area contributed by atoms with Crippen molar-refractivity contribution in [2.45, 2.75) is 6.42 Å². The molecular weight excluding hydrogens is 381 g/mol. The highest BCUT2D eigenvalue weighted by atomic mass is 32.1. The van der Waals surface area contributed by atoms with Gasteiger partial charge in [-0.3, -0.25) is 9.59 Å². The van der Waals surface area contributed by atoms with Crippen LogP contribution in [-0.2, 0) is 11.2 Å². The molecule has 0 saturated heterocycles. The van der Waals surface area contributed by atoms with Gasteiger partial charge in [0.15, 0.2) is 5.78 Å². The molecule has 0 unspecified atom stereocenters. The van der Waals surface area contributed by atoms with E-state index in [4.69, 9.17) is 9.84 Å². The van der Waals surface area contributed by atoms with Crippen LogP contribution in [0.15, 0.2) is 53.9 Å². The van der Waals surface area contributed by atoms with Crippen molar-refractivity contribution in [3.8, 4) is 16.3 Å². The number of carbonyl (C=O) groups is 2. The number of aliphatic carboxylic acids is 1. The van der Waals surface area contributed by atoms with Crippen LogP contribution in [0.25, 0.3) is 16.6 Å². The Labute approximate surface area is 164 Å². The van der Waals surface area contributed by atoms with Crippen molar-refractivity contribution in [1.29, 1.82) is 0 Å². The lowest BCUT2D eigenvalue weighted by molar-refractivity contribution is -0.136. The third kappa shape index (κ3) is 4.69. The molecule has 7 heteroatoms. The van der Waals surface area contributed by atoms with E-state index in [-0.39, 0.29) is 18.0 Å². The Bertz CT molecular complexity index is 1040. The minimum absolute atomic E-state index is 0.235. The average molecular weight is 397 g/mol. The average Bonchev–Trinajstić information content (AvgIpc) is 3.15. The molecule has 1 heterocycles. The number of carboxylic acids is 1. The lowest BCUT2D eigenvalue weighted by Crippen LogP contribution is -2.04. The summed E-state index contributed by atoms with van der Waals surface area (Å²) in [5.41, 5.74) is 2.20. The maximum atomic E-state index is 13.0. The Morgan fingerprint density at radius 2 is 1.96 bits per heavy atom. The maximum Gasteiger partial charge on any atom is 0.307 e. The number of ketones is 1. The molecule has 3 rings (SSSR count). The molecule has 0 atom stereocenters. The van der Waals surface area contributed by atoms with Gasteiger partial charge in [0.1, 0.15) is 16.6 Å². The highest BCUT2D eigenvalue weighted by molar-refractivity contribution is 7.13. The summed E-state index contributed by atoms with van der Waals surface area (Å²) in [4.78, 5) is 27.8. The van der Waals surface area contributed by atoms with E-state index in [9.17, 15) is 14.0 Å². The number of rotatable bonds is 7. The van der Waals surface area contributed by atoms with E-state index in [1.165, 1.54) is 42.7 Å². The summed E-state index contributed by atoms with van der Waals surface area (Å²) in [5.74, 6) is -1.17. The van der Waals surface area contributed by atoms with E-state index in [1.54, 1.807) is 35.7 Å². The van der Waals surface area contributed by atoms with Crippen molar-refractivity contribution >= 4 is 29.2 Å². The van der Waals surface area contributed by atoms with E-state index >= 15 is 0 Å². The van der Waals surface area contributed by atoms with Crippen LogP contribution in [0.3, 0.4) is 0 Å². The largest absolute Gasteiger partial charge is 0.496 e. The summed E-state index contributed by atoms with van der Waals surface area (Å²) in [7, 11) is 1.45. The molecule has 1 N–H and O–H groups in total. The second-order valence-electron chi connectivity index (χ2n) is 5.88. The summed E-state index contributed by atoms with van der Waals surface area (Å²) >= 11 is 1.39. The lowest BCUT2D eigenvalue weighted by atomic mass is 10.0. The van der Waals surface area contributed by atoms with E-state index < -0.39 is 5.97 Å². The Kier molecular flexibility index (Phi) is 5.96.